The first-order valence-corrected chi connectivity index (χ1v) is 6.75. The molecule has 1 unspecified atom stereocenters. The maximum absolute atomic E-state index is 5.56. The lowest BCUT2D eigenvalue weighted by Gasteiger charge is -2.27. The maximum Gasteiger partial charge on any atom is 0.110 e. The van der Waals surface area contributed by atoms with Crippen LogP contribution >= 0.6 is 0 Å². The van der Waals surface area contributed by atoms with Gasteiger partial charge in [0.25, 0.3) is 0 Å². The molecule has 1 N–H and O–H groups in total. The maximum atomic E-state index is 5.56. The van der Waals surface area contributed by atoms with Gasteiger partial charge in [-0.1, -0.05) is 44.2 Å². The first-order chi connectivity index (χ1) is 8.68. The molecule has 1 aromatic carbocycles. The number of hydrogen-bond donors (Lipinski definition) is 1. The van der Waals surface area contributed by atoms with E-state index >= 15 is 0 Å². The van der Waals surface area contributed by atoms with Gasteiger partial charge in [-0.3, -0.25) is 0 Å². The third-order valence-electron chi connectivity index (χ3n) is 3.52. The molecular formula is C16H23NO. The van der Waals surface area contributed by atoms with Crippen LogP contribution in [-0.4, -0.2) is 19.2 Å². The minimum Gasteiger partial charge on any atom is -0.497 e. The average Bonchev–Trinajstić information content (AvgIpc) is 2.41. The largest absolute Gasteiger partial charge is 0.497 e. The number of hydrogen-bond acceptors (Lipinski definition) is 2. The van der Waals surface area contributed by atoms with Crippen LogP contribution in [0.5, 0.6) is 0 Å². The van der Waals surface area contributed by atoms with Crippen molar-refractivity contribution < 1.29 is 4.74 Å². The number of nitrogens with one attached hydrogen (secondary N) is 1. The fraction of sp³-hybridized carbons (Fsp3) is 0.500. The Morgan fingerprint density at radius 1 is 1.28 bits per heavy atom. The molecule has 0 bridgehead atoms. The molecule has 1 heterocycles. The van der Waals surface area contributed by atoms with Gasteiger partial charge in [-0.05, 0) is 24.5 Å². The van der Waals surface area contributed by atoms with Gasteiger partial charge in [-0.2, -0.15) is 0 Å². The number of allylic oxidation sites excluding steroid dienone is 1. The van der Waals surface area contributed by atoms with Gasteiger partial charge in [0.15, 0.2) is 0 Å². The monoisotopic (exact) mass is 245 g/mol. The minimum atomic E-state index is 0.158. The third-order valence-corrected chi connectivity index (χ3v) is 3.52. The highest BCUT2D eigenvalue weighted by Crippen LogP contribution is 2.21. The van der Waals surface area contributed by atoms with Crippen LogP contribution in [-0.2, 0) is 10.2 Å². The molecule has 18 heavy (non-hydrogen) atoms. The molecule has 0 amide bonds. The molecule has 1 atom stereocenters. The van der Waals surface area contributed by atoms with E-state index in [1.54, 1.807) is 0 Å². The number of benzene rings is 1. The molecule has 1 aromatic rings. The zero-order valence-corrected chi connectivity index (χ0v) is 11.4. The standard InChI is InChI=1S/C16H23NO/c1-16(2,14-8-4-3-5-9-14)13-17-12-15-10-6-7-11-18-15/h3-5,7-9,11,15,17H,6,10,12-13H2,1-2H3. The average molecular weight is 245 g/mol. The van der Waals surface area contributed by atoms with Crippen LogP contribution in [0.2, 0.25) is 0 Å². The summed E-state index contributed by atoms with van der Waals surface area (Å²) in [6.07, 6.45) is 6.51. The van der Waals surface area contributed by atoms with E-state index < -0.39 is 0 Å². The highest BCUT2D eigenvalue weighted by atomic mass is 16.5. The van der Waals surface area contributed by atoms with Gasteiger partial charge in [0, 0.05) is 18.5 Å². The van der Waals surface area contributed by atoms with E-state index in [0.717, 1.165) is 25.9 Å². The summed E-state index contributed by atoms with van der Waals surface area (Å²) in [6.45, 7) is 6.45. The minimum absolute atomic E-state index is 0.158. The molecular weight excluding hydrogens is 222 g/mol. The number of ether oxygens (including phenoxy) is 1. The normalized spacial score (nSPS) is 19.6. The first-order valence-electron chi connectivity index (χ1n) is 6.75. The summed E-state index contributed by atoms with van der Waals surface area (Å²) >= 11 is 0. The molecule has 2 rings (SSSR count). The van der Waals surface area contributed by atoms with Gasteiger partial charge in [0.1, 0.15) is 6.10 Å². The summed E-state index contributed by atoms with van der Waals surface area (Å²) < 4.78 is 5.56. The molecule has 1 aliphatic heterocycles. The topological polar surface area (TPSA) is 21.3 Å². The molecule has 0 saturated carbocycles. The smallest absolute Gasteiger partial charge is 0.110 e. The molecule has 0 fully saturated rings. The molecule has 2 heteroatoms. The fourth-order valence-corrected chi connectivity index (χ4v) is 2.27. The van der Waals surface area contributed by atoms with Gasteiger partial charge in [-0.25, -0.2) is 0 Å². The van der Waals surface area contributed by atoms with E-state index in [-0.39, 0.29) is 5.41 Å². The Hall–Kier alpha value is -1.28. The molecule has 0 radical (unpaired) electrons. The molecule has 0 saturated heterocycles. The zero-order chi connectivity index (χ0) is 12.8. The summed E-state index contributed by atoms with van der Waals surface area (Å²) in [5, 5.41) is 3.53. The summed E-state index contributed by atoms with van der Waals surface area (Å²) in [4.78, 5) is 0. The fourth-order valence-electron chi connectivity index (χ4n) is 2.27. The Bertz CT molecular complexity index is 383. The van der Waals surface area contributed by atoms with Crippen LogP contribution in [0, 0.1) is 0 Å². The van der Waals surface area contributed by atoms with Crippen LogP contribution in [0.15, 0.2) is 42.7 Å². The van der Waals surface area contributed by atoms with Crippen LogP contribution in [0.3, 0.4) is 0 Å². The highest BCUT2D eigenvalue weighted by Gasteiger charge is 2.20. The van der Waals surface area contributed by atoms with Crippen molar-refractivity contribution in [3.63, 3.8) is 0 Å². The van der Waals surface area contributed by atoms with E-state index in [0.29, 0.717) is 6.10 Å². The Balaban J connectivity index is 1.80. The van der Waals surface area contributed by atoms with Gasteiger partial charge < -0.3 is 10.1 Å². The van der Waals surface area contributed by atoms with Crippen LogP contribution in [0.1, 0.15) is 32.3 Å². The molecule has 0 aliphatic carbocycles. The summed E-state index contributed by atoms with van der Waals surface area (Å²) in [7, 11) is 0. The van der Waals surface area contributed by atoms with E-state index in [1.807, 2.05) is 6.26 Å². The second-order valence-corrected chi connectivity index (χ2v) is 5.59. The lowest BCUT2D eigenvalue weighted by atomic mass is 9.84. The second-order valence-electron chi connectivity index (χ2n) is 5.59. The first kappa shape index (κ1) is 13.2. The van der Waals surface area contributed by atoms with Crippen LogP contribution < -0.4 is 5.32 Å². The van der Waals surface area contributed by atoms with Crippen molar-refractivity contribution in [3.05, 3.63) is 48.2 Å². The van der Waals surface area contributed by atoms with Crippen LogP contribution in [0.4, 0.5) is 0 Å². The number of rotatable bonds is 5. The molecule has 0 aromatic heterocycles. The summed E-state index contributed by atoms with van der Waals surface area (Å²) in [5.41, 5.74) is 1.54. The highest BCUT2D eigenvalue weighted by molar-refractivity contribution is 5.23. The van der Waals surface area contributed by atoms with Crippen molar-refractivity contribution in [2.24, 2.45) is 0 Å². The van der Waals surface area contributed by atoms with E-state index in [1.165, 1.54) is 5.56 Å². The molecule has 2 nitrogen and oxygen atoms in total. The van der Waals surface area contributed by atoms with Crippen molar-refractivity contribution >= 4 is 0 Å². The Labute approximate surface area is 110 Å². The van der Waals surface area contributed by atoms with Gasteiger partial charge in [-0.15, -0.1) is 0 Å². The Morgan fingerprint density at radius 2 is 2.06 bits per heavy atom. The molecule has 1 aliphatic rings. The molecule has 98 valence electrons. The lowest BCUT2D eigenvalue weighted by Crippen LogP contribution is -2.37. The van der Waals surface area contributed by atoms with E-state index in [9.17, 15) is 0 Å². The zero-order valence-electron chi connectivity index (χ0n) is 11.4. The predicted octanol–water partition coefficient (Wildman–Crippen LogP) is 3.25. The van der Waals surface area contributed by atoms with Gasteiger partial charge >= 0.3 is 0 Å². The van der Waals surface area contributed by atoms with Gasteiger partial charge in [0.05, 0.1) is 6.26 Å². The van der Waals surface area contributed by atoms with Crippen molar-refractivity contribution in [2.75, 3.05) is 13.1 Å². The lowest BCUT2D eigenvalue weighted by molar-refractivity contribution is 0.121. The van der Waals surface area contributed by atoms with Crippen molar-refractivity contribution in [1.29, 1.82) is 0 Å². The van der Waals surface area contributed by atoms with E-state index in [4.69, 9.17) is 4.74 Å². The predicted molar refractivity (Wildman–Crippen MR) is 75.6 cm³/mol. The van der Waals surface area contributed by atoms with Gasteiger partial charge in [0.2, 0.25) is 0 Å². The second kappa shape index (κ2) is 6.05. The van der Waals surface area contributed by atoms with Crippen LogP contribution in [0.25, 0.3) is 0 Å². The Kier molecular flexibility index (Phi) is 4.43. The van der Waals surface area contributed by atoms with Crippen molar-refractivity contribution in [3.8, 4) is 0 Å². The Morgan fingerprint density at radius 3 is 2.72 bits per heavy atom. The summed E-state index contributed by atoms with van der Waals surface area (Å²) in [5.74, 6) is 0. The quantitative estimate of drug-likeness (QED) is 0.860. The van der Waals surface area contributed by atoms with Crippen molar-refractivity contribution in [2.45, 2.75) is 38.2 Å². The van der Waals surface area contributed by atoms with E-state index in [2.05, 4.69) is 55.6 Å². The summed E-state index contributed by atoms with van der Waals surface area (Å²) in [6, 6.07) is 10.7. The molecule has 0 spiro atoms. The SMILES string of the molecule is CC(C)(CNCC1CCC=CO1)c1ccccc1. The third kappa shape index (κ3) is 3.61. The van der Waals surface area contributed by atoms with Crippen molar-refractivity contribution in [1.82, 2.24) is 5.32 Å².